The highest BCUT2D eigenvalue weighted by Crippen LogP contribution is 2.33. The Morgan fingerprint density at radius 1 is 1.38 bits per heavy atom. The van der Waals surface area contributed by atoms with Gasteiger partial charge in [-0.15, -0.1) is 12.4 Å². The van der Waals surface area contributed by atoms with Gasteiger partial charge in [-0.25, -0.2) is 0 Å². The molecule has 21 heavy (non-hydrogen) atoms. The third-order valence-corrected chi connectivity index (χ3v) is 4.21. The Bertz CT molecular complexity index is 575. The van der Waals surface area contributed by atoms with E-state index >= 15 is 0 Å². The maximum absolute atomic E-state index is 12.4. The highest BCUT2D eigenvalue weighted by atomic mass is 35.5. The number of anilines is 1. The molecular weight excluding hydrogens is 313 g/mol. The van der Waals surface area contributed by atoms with Gasteiger partial charge in [0, 0.05) is 6.54 Å². The van der Waals surface area contributed by atoms with Crippen molar-refractivity contribution in [2.75, 3.05) is 11.4 Å². The normalized spacial score (nSPS) is 22.7. The lowest BCUT2D eigenvalue weighted by atomic mass is 10.2. The number of hydrogen-bond acceptors (Lipinski definition) is 3. The molecule has 5 nitrogen and oxygen atoms in total. The fourth-order valence-electron chi connectivity index (χ4n) is 2.39. The summed E-state index contributed by atoms with van der Waals surface area (Å²) in [5.41, 5.74) is 5.76. The molecule has 1 unspecified atom stereocenters. The van der Waals surface area contributed by atoms with Gasteiger partial charge in [-0.2, -0.15) is 0 Å². The van der Waals surface area contributed by atoms with Crippen LogP contribution >= 0.6 is 24.0 Å². The van der Waals surface area contributed by atoms with Crippen LogP contribution in [0.4, 0.5) is 5.69 Å². The van der Waals surface area contributed by atoms with Crippen molar-refractivity contribution in [2.24, 2.45) is 5.73 Å². The van der Waals surface area contributed by atoms with Gasteiger partial charge in [0.25, 0.3) is 0 Å². The Hall–Kier alpha value is -1.30. The van der Waals surface area contributed by atoms with Gasteiger partial charge in [0.1, 0.15) is 6.04 Å². The summed E-state index contributed by atoms with van der Waals surface area (Å²) in [6.45, 7) is 0.547. The van der Waals surface area contributed by atoms with Crippen molar-refractivity contribution in [3.63, 3.8) is 0 Å². The minimum absolute atomic E-state index is 0. The minimum atomic E-state index is -0.752. The highest BCUT2D eigenvalue weighted by molar-refractivity contribution is 6.34. The van der Waals surface area contributed by atoms with E-state index in [1.165, 1.54) is 0 Å². The molecule has 114 valence electrons. The molecule has 7 heteroatoms. The van der Waals surface area contributed by atoms with Crippen LogP contribution in [0.5, 0.6) is 0 Å². The van der Waals surface area contributed by atoms with Crippen LogP contribution in [0.15, 0.2) is 24.3 Å². The first-order valence-electron chi connectivity index (χ1n) is 6.67. The fourth-order valence-corrected chi connectivity index (χ4v) is 2.63. The standard InChI is InChI=1S/C14H16ClN3O2.ClH/c15-9-3-1-2-4-11(9)18-8-5-10(12(18)19)17-13(20)14(16)6-7-14;/h1-4,10H,5-8,16H2,(H,17,20);1H. The van der Waals surface area contributed by atoms with Crippen LogP contribution in [0.3, 0.4) is 0 Å². The van der Waals surface area contributed by atoms with Crippen LogP contribution in [-0.4, -0.2) is 29.9 Å². The zero-order chi connectivity index (χ0) is 14.3. The van der Waals surface area contributed by atoms with Gasteiger partial charge < -0.3 is 16.0 Å². The summed E-state index contributed by atoms with van der Waals surface area (Å²) in [7, 11) is 0. The minimum Gasteiger partial charge on any atom is -0.343 e. The second kappa shape index (κ2) is 5.83. The van der Waals surface area contributed by atoms with E-state index in [4.69, 9.17) is 17.3 Å². The van der Waals surface area contributed by atoms with E-state index in [1.54, 1.807) is 17.0 Å². The maximum Gasteiger partial charge on any atom is 0.249 e. The molecule has 3 rings (SSSR count). The largest absolute Gasteiger partial charge is 0.343 e. The molecule has 2 fully saturated rings. The Balaban J connectivity index is 0.00000161. The van der Waals surface area contributed by atoms with Crippen molar-refractivity contribution in [1.82, 2.24) is 5.32 Å². The lowest BCUT2D eigenvalue weighted by Gasteiger charge is -2.19. The summed E-state index contributed by atoms with van der Waals surface area (Å²) >= 11 is 6.10. The summed E-state index contributed by atoms with van der Waals surface area (Å²) in [6, 6.07) is 6.70. The van der Waals surface area contributed by atoms with Crippen LogP contribution < -0.4 is 16.0 Å². The first-order chi connectivity index (χ1) is 9.51. The van der Waals surface area contributed by atoms with Crippen LogP contribution in [0.1, 0.15) is 19.3 Å². The summed E-state index contributed by atoms with van der Waals surface area (Å²) in [5, 5.41) is 3.28. The first kappa shape index (κ1) is 16.1. The number of amides is 2. The molecule has 3 N–H and O–H groups in total. The molecule has 0 aromatic heterocycles. The van der Waals surface area contributed by atoms with E-state index in [2.05, 4.69) is 5.32 Å². The van der Waals surface area contributed by atoms with E-state index in [1.807, 2.05) is 12.1 Å². The average molecular weight is 330 g/mol. The zero-order valence-corrected chi connectivity index (χ0v) is 12.9. The molecule has 0 radical (unpaired) electrons. The summed E-state index contributed by atoms with van der Waals surface area (Å²) in [6.07, 6.45) is 1.95. The highest BCUT2D eigenvalue weighted by Gasteiger charge is 2.47. The second-order valence-corrected chi connectivity index (χ2v) is 5.82. The number of halogens is 2. The fraction of sp³-hybridized carbons (Fsp3) is 0.429. The molecule has 1 aromatic rings. The Kier molecular flexibility index (Phi) is 4.46. The first-order valence-corrected chi connectivity index (χ1v) is 7.05. The molecule has 2 aliphatic rings. The molecule has 2 amide bonds. The third-order valence-electron chi connectivity index (χ3n) is 3.89. The molecule has 1 atom stereocenters. The maximum atomic E-state index is 12.4. The smallest absolute Gasteiger partial charge is 0.249 e. The summed E-state index contributed by atoms with van der Waals surface area (Å²) < 4.78 is 0. The summed E-state index contributed by atoms with van der Waals surface area (Å²) in [4.78, 5) is 25.9. The van der Waals surface area contributed by atoms with Gasteiger partial charge in [-0.1, -0.05) is 23.7 Å². The number of carbonyl (C=O) groups excluding carboxylic acids is 2. The number of rotatable bonds is 3. The molecule has 1 heterocycles. The van der Waals surface area contributed by atoms with Gasteiger partial charge >= 0.3 is 0 Å². The number of benzene rings is 1. The van der Waals surface area contributed by atoms with Crippen LogP contribution in [0, 0.1) is 0 Å². The Morgan fingerprint density at radius 2 is 2.05 bits per heavy atom. The average Bonchev–Trinajstić information content (AvgIpc) is 3.09. The second-order valence-electron chi connectivity index (χ2n) is 5.41. The van der Waals surface area contributed by atoms with Crippen molar-refractivity contribution in [3.8, 4) is 0 Å². The number of hydrogen-bond donors (Lipinski definition) is 2. The third kappa shape index (κ3) is 3.00. The van der Waals surface area contributed by atoms with Gasteiger partial charge in [0.05, 0.1) is 16.2 Å². The van der Waals surface area contributed by atoms with E-state index in [9.17, 15) is 9.59 Å². The SMILES string of the molecule is Cl.NC1(C(=O)NC2CCN(c3ccccc3Cl)C2=O)CC1. The van der Waals surface area contributed by atoms with Crippen molar-refractivity contribution in [3.05, 3.63) is 29.3 Å². The number of para-hydroxylation sites is 1. The Morgan fingerprint density at radius 3 is 2.67 bits per heavy atom. The Labute approximate surface area is 134 Å². The lowest BCUT2D eigenvalue weighted by molar-refractivity contribution is -0.127. The van der Waals surface area contributed by atoms with Crippen LogP contribution in [0.2, 0.25) is 5.02 Å². The molecule has 1 aliphatic heterocycles. The molecule has 1 aliphatic carbocycles. The monoisotopic (exact) mass is 329 g/mol. The van der Waals surface area contributed by atoms with Crippen LogP contribution in [-0.2, 0) is 9.59 Å². The number of nitrogens with two attached hydrogens (primary N) is 1. The molecule has 1 saturated carbocycles. The molecule has 0 bridgehead atoms. The molecular formula is C14H17Cl2N3O2. The van der Waals surface area contributed by atoms with Gasteiger partial charge in [-0.3, -0.25) is 9.59 Å². The van der Waals surface area contributed by atoms with E-state index in [-0.39, 0.29) is 24.2 Å². The molecule has 1 aromatic carbocycles. The topological polar surface area (TPSA) is 75.4 Å². The van der Waals surface area contributed by atoms with Crippen LogP contribution in [0.25, 0.3) is 0 Å². The van der Waals surface area contributed by atoms with Gasteiger partial charge in [-0.05, 0) is 31.4 Å². The predicted molar refractivity (Wildman–Crippen MR) is 83.8 cm³/mol. The van der Waals surface area contributed by atoms with E-state index < -0.39 is 11.6 Å². The quantitative estimate of drug-likeness (QED) is 0.881. The lowest BCUT2D eigenvalue weighted by Crippen LogP contribution is -2.49. The van der Waals surface area contributed by atoms with E-state index in [0.717, 1.165) is 0 Å². The number of nitrogens with zero attached hydrogens (tertiary/aromatic N) is 1. The van der Waals surface area contributed by atoms with Crippen molar-refractivity contribution >= 4 is 41.5 Å². The van der Waals surface area contributed by atoms with E-state index in [0.29, 0.717) is 36.5 Å². The predicted octanol–water partition coefficient (Wildman–Crippen LogP) is 1.47. The van der Waals surface area contributed by atoms with Crippen molar-refractivity contribution in [2.45, 2.75) is 30.8 Å². The number of carbonyl (C=O) groups is 2. The van der Waals surface area contributed by atoms with Gasteiger partial charge in [0.15, 0.2) is 0 Å². The van der Waals surface area contributed by atoms with Crippen molar-refractivity contribution < 1.29 is 9.59 Å². The number of nitrogens with one attached hydrogen (secondary N) is 1. The summed E-state index contributed by atoms with van der Waals surface area (Å²) in [5.74, 6) is -0.354. The van der Waals surface area contributed by atoms with Gasteiger partial charge in [0.2, 0.25) is 11.8 Å². The zero-order valence-electron chi connectivity index (χ0n) is 11.3. The van der Waals surface area contributed by atoms with Crippen molar-refractivity contribution in [1.29, 1.82) is 0 Å². The molecule has 0 spiro atoms. The molecule has 1 saturated heterocycles.